The lowest BCUT2D eigenvalue weighted by atomic mass is 10.1. The predicted molar refractivity (Wildman–Crippen MR) is 86.6 cm³/mol. The van der Waals surface area contributed by atoms with Crippen LogP contribution in [0.2, 0.25) is 0 Å². The summed E-state index contributed by atoms with van der Waals surface area (Å²) in [5.74, 6) is -0.142. The van der Waals surface area contributed by atoms with Crippen molar-refractivity contribution in [2.24, 2.45) is 0 Å². The number of amides is 1. The van der Waals surface area contributed by atoms with E-state index in [9.17, 15) is 9.59 Å². The summed E-state index contributed by atoms with van der Waals surface area (Å²) < 4.78 is 1.94. The Morgan fingerprint density at radius 1 is 1.36 bits per heavy atom. The van der Waals surface area contributed by atoms with Crippen LogP contribution in [0.15, 0.2) is 35.8 Å². The third-order valence-corrected chi connectivity index (χ3v) is 4.19. The number of hydrogen-bond acceptors (Lipinski definition) is 4. The van der Waals surface area contributed by atoms with Crippen molar-refractivity contribution in [3.63, 3.8) is 0 Å². The van der Waals surface area contributed by atoms with Gasteiger partial charge in [0.15, 0.2) is 10.7 Å². The lowest BCUT2D eigenvalue weighted by molar-refractivity contribution is -0.115. The van der Waals surface area contributed by atoms with E-state index in [4.69, 9.17) is 0 Å². The topological polar surface area (TPSA) is 63.5 Å². The first-order valence-corrected chi connectivity index (χ1v) is 7.74. The number of hydrogen-bond donors (Lipinski definition) is 1. The van der Waals surface area contributed by atoms with Crippen molar-refractivity contribution in [1.82, 2.24) is 9.38 Å². The summed E-state index contributed by atoms with van der Waals surface area (Å²) in [6.07, 6.45) is 2.19. The highest BCUT2D eigenvalue weighted by atomic mass is 32.1. The highest BCUT2D eigenvalue weighted by Gasteiger charge is 2.11. The number of benzene rings is 1. The van der Waals surface area contributed by atoms with Gasteiger partial charge in [0.25, 0.3) is 0 Å². The molecule has 1 amide bonds. The summed E-state index contributed by atoms with van der Waals surface area (Å²) in [4.78, 5) is 28.8. The molecule has 0 aliphatic rings. The number of aryl methyl sites for hydroxylation is 1. The van der Waals surface area contributed by atoms with Crippen LogP contribution in [0.25, 0.3) is 4.96 Å². The molecule has 0 aliphatic heterocycles. The van der Waals surface area contributed by atoms with Gasteiger partial charge in [0.2, 0.25) is 5.91 Å². The normalized spacial score (nSPS) is 10.8. The fourth-order valence-electron chi connectivity index (χ4n) is 2.25. The molecule has 22 heavy (non-hydrogen) atoms. The van der Waals surface area contributed by atoms with Crippen LogP contribution >= 0.6 is 11.3 Å². The van der Waals surface area contributed by atoms with Crippen molar-refractivity contribution in [3.05, 3.63) is 52.8 Å². The zero-order valence-corrected chi connectivity index (χ0v) is 13.1. The number of imidazole rings is 1. The number of nitrogens with one attached hydrogen (secondary N) is 1. The number of ketones is 1. The lowest BCUT2D eigenvalue weighted by Crippen LogP contribution is -2.15. The fourth-order valence-corrected chi connectivity index (χ4v) is 3.17. The smallest absolute Gasteiger partial charge is 0.230 e. The van der Waals surface area contributed by atoms with Gasteiger partial charge in [-0.3, -0.25) is 14.0 Å². The van der Waals surface area contributed by atoms with Gasteiger partial charge in [0.1, 0.15) is 0 Å². The van der Waals surface area contributed by atoms with E-state index in [2.05, 4.69) is 10.3 Å². The molecule has 0 unspecified atom stereocenters. The van der Waals surface area contributed by atoms with Crippen LogP contribution in [0.5, 0.6) is 0 Å². The second kappa shape index (κ2) is 5.73. The molecule has 6 heteroatoms. The largest absolute Gasteiger partial charge is 0.326 e. The molecule has 3 aromatic rings. The Morgan fingerprint density at radius 3 is 2.95 bits per heavy atom. The number of nitrogens with zero attached hydrogens (tertiary/aromatic N) is 2. The van der Waals surface area contributed by atoms with Gasteiger partial charge in [-0.2, -0.15) is 0 Å². The van der Waals surface area contributed by atoms with Gasteiger partial charge in [-0.25, -0.2) is 4.98 Å². The van der Waals surface area contributed by atoms with E-state index in [-0.39, 0.29) is 18.1 Å². The van der Waals surface area contributed by atoms with E-state index >= 15 is 0 Å². The second-order valence-electron chi connectivity index (χ2n) is 5.12. The van der Waals surface area contributed by atoms with Crippen LogP contribution in [0, 0.1) is 6.92 Å². The van der Waals surface area contributed by atoms with Gasteiger partial charge in [-0.15, -0.1) is 11.3 Å². The van der Waals surface area contributed by atoms with Gasteiger partial charge < -0.3 is 5.32 Å². The van der Waals surface area contributed by atoms with Crippen LogP contribution < -0.4 is 5.32 Å². The zero-order chi connectivity index (χ0) is 15.7. The standard InChI is InChI=1S/C16H15N3O2S/c1-10-8-19-14(9-22-16(19)17-10)7-15(21)18-13-5-3-4-12(6-13)11(2)20/h3-6,8-9H,7H2,1-2H3,(H,18,21). The van der Waals surface area contributed by atoms with Crippen LogP contribution in [0.3, 0.4) is 0 Å². The minimum absolute atomic E-state index is 0.0236. The summed E-state index contributed by atoms with van der Waals surface area (Å²) in [5, 5.41) is 4.76. The van der Waals surface area contributed by atoms with Crippen LogP contribution in [-0.4, -0.2) is 21.1 Å². The Hall–Kier alpha value is -2.47. The third-order valence-electron chi connectivity index (χ3n) is 3.30. The van der Waals surface area contributed by atoms with Gasteiger partial charge in [0, 0.05) is 28.5 Å². The minimum atomic E-state index is -0.119. The SMILES string of the molecule is CC(=O)c1cccc(NC(=O)Cc2csc3nc(C)cn23)c1. The van der Waals surface area contributed by atoms with Crippen LogP contribution in [0.1, 0.15) is 28.7 Å². The molecule has 0 saturated heterocycles. The monoisotopic (exact) mass is 313 g/mol. The molecule has 0 fully saturated rings. The molecule has 2 heterocycles. The van der Waals surface area contributed by atoms with Gasteiger partial charge >= 0.3 is 0 Å². The van der Waals surface area contributed by atoms with E-state index < -0.39 is 0 Å². The summed E-state index contributed by atoms with van der Waals surface area (Å²) in [6, 6.07) is 6.95. The van der Waals surface area contributed by atoms with E-state index in [1.165, 1.54) is 18.3 Å². The van der Waals surface area contributed by atoms with Crippen molar-refractivity contribution in [2.75, 3.05) is 5.32 Å². The molecular formula is C16H15N3O2S. The van der Waals surface area contributed by atoms with Gasteiger partial charge in [-0.1, -0.05) is 12.1 Å². The Labute approximate surface area is 131 Å². The molecule has 0 aliphatic carbocycles. The highest BCUT2D eigenvalue weighted by Crippen LogP contribution is 2.18. The lowest BCUT2D eigenvalue weighted by Gasteiger charge is -2.06. The number of carbonyl (C=O) groups excluding carboxylic acids is 2. The number of thiazole rings is 1. The average Bonchev–Trinajstić information content (AvgIpc) is 2.99. The Morgan fingerprint density at radius 2 is 2.18 bits per heavy atom. The van der Waals surface area contributed by atoms with Crippen molar-refractivity contribution in [2.45, 2.75) is 20.3 Å². The quantitative estimate of drug-likeness (QED) is 0.753. The Balaban J connectivity index is 1.75. The van der Waals surface area contributed by atoms with Crippen molar-refractivity contribution in [3.8, 4) is 0 Å². The van der Waals surface area contributed by atoms with E-state index in [1.807, 2.05) is 22.9 Å². The summed E-state index contributed by atoms with van der Waals surface area (Å²) in [5.41, 5.74) is 3.05. The molecule has 1 N–H and O–H groups in total. The molecule has 2 aromatic heterocycles. The molecule has 0 spiro atoms. The molecule has 0 saturated carbocycles. The fraction of sp³-hybridized carbons (Fsp3) is 0.188. The van der Waals surface area contributed by atoms with E-state index in [0.29, 0.717) is 11.3 Å². The minimum Gasteiger partial charge on any atom is -0.326 e. The average molecular weight is 313 g/mol. The van der Waals surface area contributed by atoms with Crippen LogP contribution in [-0.2, 0) is 11.2 Å². The summed E-state index contributed by atoms with van der Waals surface area (Å²) in [6.45, 7) is 3.43. The second-order valence-corrected chi connectivity index (χ2v) is 5.96. The van der Waals surface area contributed by atoms with Crippen LogP contribution in [0.4, 0.5) is 5.69 Å². The summed E-state index contributed by atoms with van der Waals surface area (Å²) >= 11 is 1.52. The Bertz CT molecular complexity index is 863. The summed E-state index contributed by atoms with van der Waals surface area (Å²) in [7, 11) is 0. The van der Waals surface area contributed by atoms with Crippen molar-refractivity contribution < 1.29 is 9.59 Å². The van der Waals surface area contributed by atoms with Gasteiger partial charge in [-0.05, 0) is 26.0 Å². The molecule has 112 valence electrons. The number of Topliss-reactive ketones (excluding diaryl/α,β-unsaturated/α-hetero) is 1. The molecule has 0 bridgehead atoms. The number of rotatable bonds is 4. The number of carbonyl (C=O) groups is 2. The number of fused-ring (bicyclic) bond motifs is 1. The first-order valence-electron chi connectivity index (χ1n) is 6.86. The van der Waals surface area contributed by atoms with E-state index in [0.717, 1.165) is 16.3 Å². The molecule has 5 nitrogen and oxygen atoms in total. The maximum absolute atomic E-state index is 12.2. The first-order chi connectivity index (χ1) is 10.5. The number of aromatic nitrogens is 2. The maximum Gasteiger partial charge on any atom is 0.230 e. The molecular weight excluding hydrogens is 298 g/mol. The molecule has 3 rings (SSSR count). The Kier molecular flexibility index (Phi) is 3.77. The molecule has 0 atom stereocenters. The first kappa shape index (κ1) is 14.5. The van der Waals surface area contributed by atoms with E-state index in [1.54, 1.807) is 24.3 Å². The van der Waals surface area contributed by atoms with Crippen molar-refractivity contribution in [1.29, 1.82) is 0 Å². The van der Waals surface area contributed by atoms with Gasteiger partial charge in [0.05, 0.1) is 12.1 Å². The maximum atomic E-state index is 12.2. The van der Waals surface area contributed by atoms with Crippen molar-refractivity contribution >= 4 is 33.7 Å². The molecule has 1 aromatic carbocycles. The molecule has 0 radical (unpaired) electrons. The highest BCUT2D eigenvalue weighted by molar-refractivity contribution is 7.15. The third kappa shape index (κ3) is 2.92. The zero-order valence-electron chi connectivity index (χ0n) is 12.3. The predicted octanol–water partition coefficient (Wildman–Crippen LogP) is 3.09. The number of anilines is 1.